The van der Waals surface area contributed by atoms with E-state index < -0.39 is 0 Å². The van der Waals surface area contributed by atoms with Crippen molar-refractivity contribution in [3.63, 3.8) is 0 Å². The van der Waals surface area contributed by atoms with Crippen LogP contribution in [0.1, 0.15) is 52.5 Å². The maximum absolute atomic E-state index is 13.3. The van der Waals surface area contributed by atoms with Gasteiger partial charge in [-0.25, -0.2) is 9.97 Å². The highest BCUT2D eigenvalue weighted by Gasteiger charge is 2.31. The van der Waals surface area contributed by atoms with Gasteiger partial charge in [0.2, 0.25) is 5.71 Å². The molecule has 27 heavy (non-hydrogen) atoms. The van der Waals surface area contributed by atoms with Crippen molar-refractivity contribution in [2.45, 2.75) is 39.0 Å². The average molecular weight is 386 g/mol. The van der Waals surface area contributed by atoms with E-state index >= 15 is 0 Å². The number of piperidine rings is 1. The number of thiazole rings is 1. The second kappa shape index (κ2) is 6.92. The lowest BCUT2D eigenvalue weighted by Gasteiger charge is -2.31. The predicted molar refractivity (Wildman–Crippen MR) is 103 cm³/mol. The van der Waals surface area contributed by atoms with Crippen LogP contribution in [0.3, 0.4) is 0 Å². The summed E-state index contributed by atoms with van der Waals surface area (Å²) in [7, 11) is 1.62. The van der Waals surface area contributed by atoms with E-state index in [2.05, 4.69) is 17.3 Å². The maximum Gasteiger partial charge on any atom is 0.265 e. The third kappa shape index (κ3) is 3.07. The highest BCUT2D eigenvalue weighted by Crippen LogP contribution is 2.31. The number of hydrogen-bond donors (Lipinski definition) is 0. The molecule has 8 heteroatoms. The summed E-state index contributed by atoms with van der Waals surface area (Å²) in [6, 6.07) is 0. The van der Waals surface area contributed by atoms with Crippen molar-refractivity contribution in [3.8, 4) is 0 Å². The van der Waals surface area contributed by atoms with Gasteiger partial charge in [-0.05, 0) is 26.2 Å². The van der Waals surface area contributed by atoms with Crippen LogP contribution in [0, 0.1) is 6.92 Å². The molecule has 142 valence electrons. The summed E-state index contributed by atoms with van der Waals surface area (Å²) in [6.45, 7) is 5.09. The predicted octanol–water partition coefficient (Wildman–Crippen LogP) is 2.87. The number of carbonyl (C=O) groups is 1. The van der Waals surface area contributed by atoms with Gasteiger partial charge in [0.15, 0.2) is 0 Å². The molecule has 0 radical (unpaired) electrons. The third-order valence-corrected chi connectivity index (χ3v) is 6.21. The van der Waals surface area contributed by atoms with E-state index in [1.165, 1.54) is 10.9 Å². The fraction of sp³-hybridized carbons (Fsp3) is 0.474. The van der Waals surface area contributed by atoms with Gasteiger partial charge in [0.25, 0.3) is 11.5 Å². The van der Waals surface area contributed by atoms with Gasteiger partial charge in [-0.1, -0.05) is 6.92 Å². The number of hydrogen-bond acceptors (Lipinski definition) is 6. The fourth-order valence-corrected chi connectivity index (χ4v) is 4.67. The molecule has 0 N–H and O–H groups in total. The van der Waals surface area contributed by atoms with Gasteiger partial charge in [-0.15, -0.1) is 11.3 Å². The van der Waals surface area contributed by atoms with Gasteiger partial charge in [-0.3, -0.25) is 9.59 Å². The number of amides is 1. The summed E-state index contributed by atoms with van der Waals surface area (Å²) in [5.74, 6) is 0.524. The van der Waals surface area contributed by atoms with Crippen LogP contribution in [-0.2, 0) is 13.5 Å². The Balaban J connectivity index is 1.66. The Hall–Kier alpha value is -2.48. The molecule has 0 spiro atoms. The molecule has 4 heterocycles. The summed E-state index contributed by atoms with van der Waals surface area (Å²) in [5, 5.41) is 3.46. The normalized spacial score (nSPS) is 17.6. The number of likely N-dealkylation sites (tertiary alicyclic amines) is 1. The molecule has 3 aromatic heterocycles. The first-order valence-electron chi connectivity index (χ1n) is 9.17. The molecule has 3 aromatic rings. The number of carbonyl (C=O) groups excluding carboxylic acids is 1. The second-order valence-electron chi connectivity index (χ2n) is 6.99. The molecule has 0 aromatic carbocycles. The Morgan fingerprint density at radius 2 is 2.26 bits per heavy atom. The van der Waals surface area contributed by atoms with Crippen LogP contribution < -0.4 is 5.56 Å². The minimum absolute atomic E-state index is 0.159. The lowest BCUT2D eigenvalue weighted by atomic mass is 9.97. The first kappa shape index (κ1) is 17.9. The zero-order valence-corrected chi connectivity index (χ0v) is 16.5. The summed E-state index contributed by atoms with van der Waals surface area (Å²) in [6.07, 6.45) is 4.27. The Bertz CT molecular complexity index is 1060. The monoisotopic (exact) mass is 386 g/mol. The van der Waals surface area contributed by atoms with E-state index in [0.29, 0.717) is 24.4 Å². The zero-order chi connectivity index (χ0) is 19.1. The van der Waals surface area contributed by atoms with Crippen LogP contribution in [0.25, 0.3) is 11.1 Å². The Labute approximate surface area is 160 Å². The molecule has 1 amide bonds. The summed E-state index contributed by atoms with van der Waals surface area (Å²) in [5.41, 5.74) is 1.40. The lowest BCUT2D eigenvalue weighted by Crippen LogP contribution is -2.39. The van der Waals surface area contributed by atoms with Crippen LogP contribution in [-0.4, -0.2) is 38.4 Å². The molecule has 0 aliphatic carbocycles. The fourth-order valence-electron chi connectivity index (χ4n) is 3.64. The molecular weight excluding hydrogens is 364 g/mol. The smallest absolute Gasteiger partial charge is 0.265 e. The standard InChI is InChI=1S/C19H22N4O3S/c1-4-13-9-27-17(21-13)12-6-5-7-23(8-12)19(25)14-11(2)26-16-15(14)18(24)22(3)10-20-16/h9-10,12H,4-8H2,1-3H3. The van der Waals surface area contributed by atoms with Crippen molar-refractivity contribution < 1.29 is 9.21 Å². The first-order chi connectivity index (χ1) is 13.0. The summed E-state index contributed by atoms with van der Waals surface area (Å²) >= 11 is 1.67. The minimum atomic E-state index is -0.263. The Morgan fingerprint density at radius 1 is 1.44 bits per heavy atom. The van der Waals surface area contributed by atoms with Crippen LogP contribution in [0.5, 0.6) is 0 Å². The van der Waals surface area contributed by atoms with Gasteiger partial charge >= 0.3 is 0 Å². The maximum atomic E-state index is 13.3. The molecule has 1 aliphatic rings. The van der Waals surface area contributed by atoms with Gasteiger partial charge < -0.3 is 13.9 Å². The molecule has 1 aliphatic heterocycles. The van der Waals surface area contributed by atoms with E-state index in [1.807, 2.05) is 4.90 Å². The molecule has 4 rings (SSSR count). The Morgan fingerprint density at radius 3 is 3.00 bits per heavy atom. The summed E-state index contributed by atoms with van der Waals surface area (Å²) < 4.78 is 6.96. The molecule has 1 unspecified atom stereocenters. The number of aromatic nitrogens is 3. The van der Waals surface area contributed by atoms with E-state index in [4.69, 9.17) is 9.40 Å². The van der Waals surface area contributed by atoms with Crippen LogP contribution in [0.15, 0.2) is 20.9 Å². The van der Waals surface area contributed by atoms with Crippen LogP contribution >= 0.6 is 11.3 Å². The number of rotatable bonds is 3. The molecule has 1 atom stereocenters. The average Bonchev–Trinajstić information content (AvgIpc) is 3.29. The molecule has 7 nitrogen and oxygen atoms in total. The van der Waals surface area contributed by atoms with E-state index in [0.717, 1.165) is 30.0 Å². The molecule has 0 bridgehead atoms. The molecule has 1 fully saturated rings. The van der Waals surface area contributed by atoms with Crippen molar-refractivity contribution in [2.24, 2.45) is 7.05 Å². The van der Waals surface area contributed by atoms with Gasteiger partial charge in [0, 0.05) is 31.4 Å². The quantitative estimate of drug-likeness (QED) is 0.691. The Kier molecular flexibility index (Phi) is 4.59. The highest BCUT2D eigenvalue weighted by molar-refractivity contribution is 7.09. The summed E-state index contributed by atoms with van der Waals surface area (Å²) in [4.78, 5) is 36.5. The minimum Gasteiger partial charge on any atom is -0.442 e. The van der Waals surface area contributed by atoms with Crippen molar-refractivity contribution in [3.05, 3.63) is 44.1 Å². The van der Waals surface area contributed by atoms with Gasteiger partial charge in [0.05, 0.1) is 16.3 Å². The van der Waals surface area contributed by atoms with Crippen LogP contribution in [0.2, 0.25) is 0 Å². The zero-order valence-electron chi connectivity index (χ0n) is 15.7. The van der Waals surface area contributed by atoms with Crippen molar-refractivity contribution in [1.82, 2.24) is 19.4 Å². The van der Waals surface area contributed by atoms with E-state index in [1.54, 1.807) is 25.3 Å². The SMILES string of the molecule is CCc1csc(C2CCCN(C(=O)c3c(C)oc4ncn(C)c(=O)c34)C2)n1. The van der Waals surface area contributed by atoms with Crippen molar-refractivity contribution >= 4 is 28.3 Å². The first-order valence-corrected chi connectivity index (χ1v) is 10.1. The van der Waals surface area contributed by atoms with E-state index in [9.17, 15) is 9.59 Å². The molecule has 1 saturated heterocycles. The van der Waals surface area contributed by atoms with Crippen molar-refractivity contribution in [2.75, 3.05) is 13.1 Å². The highest BCUT2D eigenvalue weighted by atomic mass is 32.1. The number of fused-ring (bicyclic) bond motifs is 1. The lowest BCUT2D eigenvalue weighted by molar-refractivity contribution is 0.0707. The number of aryl methyl sites for hydroxylation is 3. The number of furan rings is 1. The molecule has 0 saturated carbocycles. The molecular formula is C19H22N4O3S. The van der Waals surface area contributed by atoms with Crippen LogP contribution in [0.4, 0.5) is 0 Å². The second-order valence-corrected chi connectivity index (χ2v) is 7.88. The topological polar surface area (TPSA) is 81.2 Å². The van der Waals surface area contributed by atoms with Crippen molar-refractivity contribution in [1.29, 1.82) is 0 Å². The number of nitrogens with zero attached hydrogens (tertiary/aromatic N) is 4. The van der Waals surface area contributed by atoms with E-state index in [-0.39, 0.29) is 28.5 Å². The largest absolute Gasteiger partial charge is 0.442 e. The van der Waals surface area contributed by atoms with Gasteiger partial charge in [-0.2, -0.15) is 0 Å². The van der Waals surface area contributed by atoms with Gasteiger partial charge in [0.1, 0.15) is 17.5 Å². The third-order valence-electron chi connectivity index (χ3n) is 5.15.